The maximum atomic E-state index is 12.4. The molecule has 0 atom stereocenters. The number of benzene rings is 1. The van der Waals surface area contributed by atoms with Gasteiger partial charge in [0.25, 0.3) is 5.91 Å². The summed E-state index contributed by atoms with van der Waals surface area (Å²) in [7, 11) is 3.94. The molecule has 1 aliphatic carbocycles. The van der Waals surface area contributed by atoms with Crippen molar-refractivity contribution < 1.29 is 4.79 Å². The molecule has 0 saturated heterocycles. The maximum absolute atomic E-state index is 12.4. The number of nitrogens with one attached hydrogen (secondary N) is 2. The Morgan fingerprint density at radius 2 is 1.81 bits per heavy atom. The SMILES string of the molecule is Cc1cc(N(C)C)nc(N[C@H]2CC[C@@H](NC(=O)c3cccc(Cl)c3)CC2)n1. The van der Waals surface area contributed by atoms with Crippen molar-refractivity contribution in [2.24, 2.45) is 0 Å². The van der Waals surface area contributed by atoms with E-state index < -0.39 is 0 Å². The van der Waals surface area contributed by atoms with Crippen molar-refractivity contribution in [2.45, 2.75) is 44.7 Å². The molecular weight excluding hydrogens is 362 g/mol. The molecule has 1 aliphatic rings. The molecule has 0 unspecified atom stereocenters. The molecule has 1 fully saturated rings. The van der Waals surface area contributed by atoms with Crippen LogP contribution in [0.1, 0.15) is 41.7 Å². The highest BCUT2D eigenvalue weighted by Gasteiger charge is 2.23. The van der Waals surface area contributed by atoms with E-state index in [2.05, 4.69) is 20.6 Å². The maximum Gasteiger partial charge on any atom is 0.251 e. The number of amides is 1. The molecule has 3 rings (SSSR count). The quantitative estimate of drug-likeness (QED) is 0.819. The van der Waals surface area contributed by atoms with Crippen molar-refractivity contribution in [1.82, 2.24) is 15.3 Å². The molecule has 0 aliphatic heterocycles. The normalized spacial score (nSPS) is 19.4. The Balaban J connectivity index is 1.53. The third-order valence-corrected chi connectivity index (χ3v) is 5.02. The number of anilines is 2. The van der Waals surface area contributed by atoms with Crippen molar-refractivity contribution >= 4 is 29.3 Å². The average molecular weight is 388 g/mol. The average Bonchev–Trinajstić information content (AvgIpc) is 2.63. The fourth-order valence-corrected chi connectivity index (χ4v) is 3.50. The van der Waals surface area contributed by atoms with Crippen molar-refractivity contribution in [3.05, 3.63) is 46.6 Å². The number of carbonyl (C=O) groups is 1. The molecule has 1 aromatic heterocycles. The lowest BCUT2D eigenvalue weighted by molar-refractivity contribution is 0.0926. The predicted octanol–water partition coefficient (Wildman–Crippen LogP) is 3.66. The summed E-state index contributed by atoms with van der Waals surface area (Å²) < 4.78 is 0. The van der Waals surface area contributed by atoms with E-state index >= 15 is 0 Å². The summed E-state index contributed by atoms with van der Waals surface area (Å²) in [5.41, 5.74) is 1.55. The zero-order valence-corrected chi connectivity index (χ0v) is 16.8. The van der Waals surface area contributed by atoms with Crippen molar-refractivity contribution in [2.75, 3.05) is 24.3 Å². The summed E-state index contributed by atoms with van der Waals surface area (Å²) in [5, 5.41) is 7.14. The molecule has 6 nitrogen and oxygen atoms in total. The predicted molar refractivity (Wildman–Crippen MR) is 110 cm³/mol. The van der Waals surface area contributed by atoms with Gasteiger partial charge in [-0.15, -0.1) is 0 Å². The molecule has 0 spiro atoms. The van der Waals surface area contributed by atoms with Crippen LogP contribution in [0.25, 0.3) is 0 Å². The van der Waals surface area contributed by atoms with E-state index in [1.807, 2.05) is 32.0 Å². The van der Waals surface area contributed by atoms with Gasteiger partial charge < -0.3 is 15.5 Å². The number of hydrogen-bond acceptors (Lipinski definition) is 5. The first-order chi connectivity index (χ1) is 12.9. The topological polar surface area (TPSA) is 70.2 Å². The second-order valence-electron chi connectivity index (χ2n) is 7.26. The van der Waals surface area contributed by atoms with Gasteiger partial charge in [-0.05, 0) is 50.8 Å². The second kappa shape index (κ2) is 8.57. The molecular formula is C20H26ClN5O. The van der Waals surface area contributed by atoms with Gasteiger partial charge in [0.2, 0.25) is 5.95 Å². The molecule has 1 heterocycles. The van der Waals surface area contributed by atoms with Crippen molar-refractivity contribution in [1.29, 1.82) is 0 Å². The molecule has 27 heavy (non-hydrogen) atoms. The van der Waals surface area contributed by atoms with Gasteiger partial charge in [0, 0.05) is 48.5 Å². The number of carbonyl (C=O) groups excluding carboxylic acids is 1. The number of hydrogen-bond donors (Lipinski definition) is 2. The Kier molecular flexibility index (Phi) is 6.16. The highest BCUT2D eigenvalue weighted by atomic mass is 35.5. The molecule has 0 bridgehead atoms. The summed E-state index contributed by atoms with van der Waals surface area (Å²) in [6.45, 7) is 1.97. The number of halogens is 1. The number of nitrogens with zero attached hydrogens (tertiary/aromatic N) is 3. The summed E-state index contributed by atoms with van der Waals surface area (Å²) in [6, 6.07) is 9.51. The monoisotopic (exact) mass is 387 g/mol. The summed E-state index contributed by atoms with van der Waals surface area (Å²) in [6.07, 6.45) is 3.79. The van der Waals surface area contributed by atoms with Gasteiger partial charge in [0.05, 0.1) is 0 Å². The third kappa shape index (κ3) is 5.32. The first kappa shape index (κ1) is 19.4. The van der Waals surface area contributed by atoms with E-state index in [9.17, 15) is 4.79 Å². The Hall–Kier alpha value is -2.34. The molecule has 2 aromatic rings. The van der Waals surface area contributed by atoms with Gasteiger partial charge in [-0.1, -0.05) is 17.7 Å². The molecule has 1 amide bonds. The molecule has 7 heteroatoms. The second-order valence-corrected chi connectivity index (χ2v) is 7.70. The minimum Gasteiger partial charge on any atom is -0.363 e. The zero-order chi connectivity index (χ0) is 19.4. The highest BCUT2D eigenvalue weighted by Crippen LogP contribution is 2.23. The first-order valence-electron chi connectivity index (χ1n) is 9.26. The Bertz CT molecular complexity index is 803. The van der Waals surface area contributed by atoms with Crippen LogP contribution in [0.3, 0.4) is 0 Å². The smallest absolute Gasteiger partial charge is 0.251 e. The van der Waals surface area contributed by atoms with E-state index in [1.165, 1.54) is 0 Å². The summed E-state index contributed by atoms with van der Waals surface area (Å²) >= 11 is 5.97. The fraction of sp³-hybridized carbons (Fsp3) is 0.450. The van der Waals surface area contributed by atoms with Gasteiger partial charge in [0.15, 0.2) is 0 Å². The van der Waals surface area contributed by atoms with Crippen LogP contribution in [0.15, 0.2) is 30.3 Å². The van der Waals surface area contributed by atoms with Gasteiger partial charge in [-0.25, -0.2) is 4.98 Å². The highest BCUT2D eigenvalue weighted by molar-refractivity contribution is 6.30. The first-order valence-corrected chi connectivity index (χ1v) is 9.64. The zero-order valence-electron chi connectivity index (χ0n) is 16.0. The molecule has 1 saturated carbocycles. The lowest BCUT2D eigenvalue weighted by Gasteiger charge is -2.30. The van der Waals surface area contributed by atoms with Gasteiger partial charge in [-0.3, -0.25) is 4.79 Å². The van der Waals surface area contributed by atoms with E-state index in [-0.39, 0.29) is 11.9 Å². The van der Waals surface area contributed by atoms with Gasteiger partial charge in [-0.2, -0.15) is 4.98 Å². The van der Waals surface area contributed by atoms with E-state index in [0.717, 1.165) is 37.2 Å². The minimum absolute atomic E-state index is 0.0634. The number of aromatic nitrogens is 2. The number of rotatable bonds is 5. The van der Waals surface area contributed by atoms with Crippen molar-refractivity contribution in [3.8, 4) is 0 Å². The molecule has 2 N–H and O–H groups in total. The van der Waals surface area contributed by atoms with Crippen LogP contribution in [-0.2, 0) is 0 Å². The molecule has 144 valence electrons. The van der Waals surface area contributed by atoms with Crippen LogP contribution in [0.4, 0.5) is 11.8 Å². The van der Waals surface area contributed by atoms with Gasteiger partial charge >= 0.3 is 0 Å². The van der Waals surface area contributed by atoms with Crippen LogP contribution in [0.2, 0.25) is 5.02 Å². The van der Waals surface area contributed by atoms with Gasteiger partial charge in [0.1, 0.15) is 5.82 Å². The Labute approximate surface area is 165 Å². The number of aryl methyl sites for hydroxylation is 1. The summed E-state index contributed by atoms with van der Waals surface area (Å²) in [4.78, 5) is 23.4. The van der Waals surface area contributed by atoms with E-state index in [4.69, 9.17) is 11.6 Å². The van der Waals surface area contributed by atoms with Crippen LogP contribution in [0, 0.1) is 6.92 Å². The van der Waals surface area contributed by atoms with E-state index in [1.54, 1.807) is 24.3 Å². The van der Waals surface area contributed by atoms with Crippen molar-refractivity contribution in [3.63, 3.8) is 0 Å². The van der Waals surface area contributed by atoms with E-state index in [0.29, 0.717) is 22.6 Å². The lowest BCUT2D eigenvalue weighted by atomic mass is 9.91. The third-order valence-electron chi connectivity index (χ3n) is 4.78. The fourth-order valence-electron chi connectivity index (χ4n) is 3.31. The largest absolute Gasteiger partial charge is 0.363 e. The van der Waals surface area contributed by atoms with Crippen LogP contribution in [-0.4, -0.2) is 42.1 Å². The standard InChI is InChI=1S/C20H26ClN5O/c1-13-11-18(26(2)3)25-20(22-13)24-17-9-7-16(8-10-17)23-19(27)14-5-4-6-15(21)12-14/h4-6,11-12,16-17H,7-10H2,1-3H3,(H,23,27)(H,22,24,25)/t16-,17+. The Morgan fingerprint density at radius 1 is 1.11 bits per heavy atom. The summed E-state index contributed by atoms with van der Waals surface area (Å²) in [5.74, 6) is 1.50. The van der Waals surface area contributed by atoms with Crippen LogP contribution < -0.4 is 15.5 Å². The molecule has 1 aromatic carbocycles. The Morgan fingerprint density at radius 3 is 2.48 bits per heavy atom. The molecule has 0 radical (unpaired) electrons. The van der Waals surface area contributed by atoms with Crippen LogP contribution >= 0.6 is 11.6 Å². The van der Waals surface area contributed by atoms with Crippen LogP contribution in [0.5, 0.6) is 0 Å². The lowest BCUT2D eigenvalue weighted by Crippen LogP contribution is -2.40. The minimum atomic E-state index is -0.0634.